The summed E-state index contributed by atoms with van der Waals surface area (Å²) in [6.07, 6.45) is 16.8. The van der Waals surface area contributed by atoms with Gasteiger partial charge in [0.25, 0.3) is 0 Å². The van der Waals surface area contributed by atoms with E-state index in [2.05, 4.69) is 0 Å². The second-order valence-electron chi connectivity index (χ2n) is 17.1. The summed E-state index contributed by atoms with van der Waals surface area (Å²) < 4.78 is 47.3. The van der Waals surface area contributed by atoms with Crippen molar-refractivity contribution in [2.45, 2.75) is 191 Å². The van der Waals surface area contributed by atoms with Crippen LogP contribution in [0.1, 0.15) is 130 Å². The zero-order valence-corrected chi connectivity index (χ0v) is 35.8. The Morgan fingerprint density at radius 3 is 1.53 bits per heavy atom. The molecule has 5 aliphatic rings. The quantitative estimate of drug-likeness (QED) is 0.215. The van der Waals surface area contributed by atoms with E-state index >= 15 is 0 Å². The molecule has 5 heterocycles. The summed E-state index contributed by atoms with van der Waals surface area (Å²) in [6, 6.07) is 0. The summed E-state index contributed by atoms with van der Waals surface area (Å²) in [6.45, 7) is 7.36. The maximum atomic E-state index is 13.4. The van der Waals surface area contributed by atoms with E-state index in [9.17, 15) is 29.4 Å². The SMILES string of the molecule is CC1CCC=CC=CCCC(O)CC(=O)CC2CCC(C)C3(OCOC3C(=O)OC(C)CCC=CC=CCCC(O)CC(=O)CC3CCC(C)C4(O[B]OC4C(=O)O1)O3)O2. The van der Waals surface area contributed by atoms with Crippen molar-refractivity contribution in [2.24, 2.45) is 11.8 Å². The molecule has 0 aromatic rings. The van der Waals surface area contributed by atoms with Crippen LogP contribution in [0.15, 0.2) is 48.6 Å². The molecule has 60 heavy (non-hydrogen) atoms. The second-order valence-corrected chi connectivity index (χ2v) is 17.1. The van der Waals surface area contributed by atoms with Crippen LogP contribution in [0.4, 0.5) is 0 Å². The predicted molar refractivity (Wildman–Crippen MR) is 220 cm³/mol. The molecule has 5 rings (SSSR count). The zero-order chi connectivity index (χ0) is 43.1. The number of hydrogen-bond acceptors (Lipinski definition) is 14. The number of ether oxygens (including phenoxy) is 6. The summed E-state index contributed by atoms with van der Waals surface area (Å²) >= 11 is 0. The van der Waals surface area contributed by atoms with Crippen molar-refractivity contribution in [1.29, 1.82) is 0 Å². The molecule has 4 fully saturated rings. The van der Waals surface area contributed by atoms with Crippen molar-refractivity contribution in [3.05, 3.63) is 48.6 Å². The number of ketones is 2. The van der Waals surface area contributed by atoms with Crippen molar-refractivity contribution in [2.75, 3.05) is 6.79 Å². The van der Waals surface area contributed by atoms with E-state index in [-0.39, 0.29) is 55.9 Å². The van der Waals surface area contributed by atoms with Gasteiger partial charge in [-0.25, -0.2) is 9.59 Å². The first-order valence-corrected chi connectivity index (χ1v) is 22.0. The number of carbonyl (C=O) groups is 4. The number of aliphatic hydroxyl groups excluding tert-OH is 2. The Kier molecular flexibility index (Phi) is 18.8. The van der Waals surface area contributed by atoms with E-state index in [4.69, 9.17) is 37.7 Å². The van der Waals surface area contributed by atoms with Crippen molar-refractivity contribution >= 4 is 31.2 Å². The lowest BCUT2D eigenvalue weighted by molar-refractivity contribution is -0.289. The fraction of sp³-hybridized carbons (Fsp3) is 0.733. The van der Waals surface area contributed by atoms with Gasteiger partial charge in [-0.05, 0) is 90.9 Å². The molecule has 4 saturated heterocycles. The molecular formula is C45H66BO14. The van der Waals surface area contributed by atoms with Crippen LogP contribution in [-0.2, 0) is 56.9 Å². The Labute approximate surface area is 355 Å². The highest BCUT2D eigenvalue weighted by Gasteiger charge is 2.60. The molecule has 15 heteroatoms. The maximum Gasteiger partial charge on any atom is 0.491 e. The van der Waals surface area contributed by atoms with Crippen molar-refractivity contribution in [1.82, 2.24) is 0 Å². The first-order chi connectivity index (χ1) is 28.8. The van der Waals surface area contributed by atoms with Gasteiger partial charge in [0.05, 0.1) is 36.6 Å². The zero-order valence-electron chi connectivity index (χ0n) is 35.8. The van der Waals surface area contributed by atoms with Crippen LogP contribution < -0.4 is 0 Å². The third kappa shape index (κ3) is 13.5. The topological polar surface area (TPSA) is 183 Å². The summed E-state index contributed by atoms with van der Waals surface area (Å²) in [5, 5.41) is 21.2. The summed E-state index contributed by atoms with van der Waals surface area (Å²) in [4.78, 5) is 52.7. The minimum Gasteiger partial charge on any atom is -0.461 e. The Morgan fingerprint density at radius 1 is 0.567 bits per heavy atom. The van der Waals surface area contributed by atoms with Crippen molar-refractivity contribution in [3.8, 4) is 0 Å². The van der Waals surface area contributed by atoms with Crippen LogP contribution in [0, 0.1) is 11.8 Å². The number of hydrogen-bond donors (Lipinski definition) is 2. The minimum atomic E-state index is -1.41. The van der Waals surface area contributed by atoms with E-state index in [1.165, 1.54) is 0 Å². The molecule has 0 aromatic heterocycles. The van der Waals surface area contributed by atoms with E-state index in [1.54, 1.807) is 0 Å². The van der Waals surface area contributed by atoms with Gasteiger partial charge in [-0.3, -0.25) is 9.59 Å². The monoisotopic (exact) mass is 841 g/mol. The van der Waals surface area contributed by atoms with Crippen molar-refractivity contribution < 1.29 is 67.1 Å². The second kappa shape index (κ2) is 23.4. The smallest absolute Gasteiger partial charge is 0.461 e. The molecule has 2 spiro atoms. The van der Waals surface area contributed by atoms with Gasteiger partial charge >= 0.3 is 19.6 Å². The third-order valence-electron chi connectivity index (χ3n) is 12.1. The summed E-state index contributed by atoms with van der Waals surface area (Å²) in [7, 11) is 1.11. The minimum absolute atomic E-state index is 0.00112. The number of allylic oxidation sites excluding steroid dienone is 8. The van der Waals surface area contributed by atoms with E-state index in [1.807, 2.05) is 76.3 Å². The number of fused-ring (bicyclic) bond motifs is 2. The fourth-order valence-corrected chi connectivity index (χ4v) is 8.53. The van der Waals surface area contributed by atoms with Gasteiger partial charge in [-0.15, -0.1) is 0 Å². The average molecular weight is 842 g/mol. The first kappa shape index (κ1) is 48.0. The molecule has 333 valence electrons. The molecule has 0 amide bonds. The lowest BCUT2D eigenvalue weighted by atomic mass is 9.85. The van der Waals surface area contributed by atoms with Crippen LogP contribution in [-0.4, -0.2) is 109 Å². The molecule has 14 nitrogen and oxygen atoms in total. The van der Waals surface area contributed by atoms with Crippen LogP contribution in [0.3, 0.4) is 0 Å². The Bertz CT molecular complexity index is 1430. The molecule has 5 aliphatic heterocycles. The average Bonchev–Trinajstić information content (AvgIpc) is 3.81. The molecule has 0 saturated carbocycles. The van der Waals surface area contributed by atoms with Gasteiger partial charge in [0.15, 0.2) is 18.7 Å². The van der Waals surface area contributed by atoms with Crippen LogP contribution in [0.5, 0.6) is 0 Å². The fourth-order valence-electron chi connectivity index (χ4n) is 8.53. The van der Waals surface area contributed by atoms with Gasteiger partial charge in [-0.2, -0.15) is 0 Å². The number of carbonyl (C=O) groups excluding carboxylic acids is 4. The number of aliphatic hydroxyl groups is 2. The Balaban J connectivity index is 1.18. The van der Waals surface area contributed by atoms with Crippen LogP contribution in [0.25, 0.3) is 0 Å². The molecule has 0 aliphatic carbocycles. The molecule has 2 N–H and O–H groups in total. The van der Waals surface area contributed by atoms with Gasteiger partial charge < -0.3 is 47.9 Å². The van der Waals surface area contributed by atoms with E-state index in [0.717, 1.165) is 7.69 Å². The van der Waals surface area contributed by atoms with E-state index < -0.39 is 72.3 Å². The standard InChI is InChI=1S/C45H66BO14/c1-30-21-23-38-27-36(49)25-34(47)19-15-12-8-6-10-14-18-33(4)56-43(52)41-45(60-46-59-41)31(2)22-24-39(58-45)28-37(50)26-35(48)20-16-11-7-5-9-13-17-32(3)55-42(51)40-44(30,57-38)54-29-53-40/h5-12,30-35,38-41,47-48H,13-29H2,1-4H3. The highest BCUT2D eigenvalue weighted by atomic mass is 16.8. The van der Waals surface area contributed by atoms with Gasteiger partial charge in [0.2, 0.25) is 11.9 Å². The molecule has 12 unspecified atom stereocenters. The Morgan fingerprint density at radius 2 is 1.02 bits per heavy atom. The first-order valence-electron chi connectivity index (χ1n) is 22.0. The number of esters is 2. The summed E-state index contributed by atoms with van der Waals surface area (Å²) in [5.74, 6) is -4.57. The number of rotatable bonds is 0. The summed E-state index contributed by atoms with van der Waals surface area (Å²) in [5.41, 5.74) is 0. The molecule has 0 aromatic carbocycles. The van der Waals surface area contributed by atoms with Crippen LogP contribution in [0.2, 0.25) is 0 Å². The number of Topliss-reactive ketones (excluding diaryl/α,β-unsaturated/α-hetero) is 2. The molecule has 1 radical (unpaired) electrons. The van der Waals surface area contributed by atoms with Gasteiger partial charge in [0, 0.05) is 37.5 Å². The van der Waals surface area contributed by atoms with Gasteiger partial charge in [0.1, 0.15) is 11.6 Å². The highest BCUT2D eigenvalue weighted by Crippen LogP contribution is 2.44. The highest BCUT2D eigenvalue weighted by molar-refractivity contribution is 6.20. The molecule has 12 atom stereocenters. The lowest BCUT2D eigenvalue weighted by Crippen LogP contribution is -2.57. The van der Waals surface area contributed by atoms with Gasteiger partial charge in [-0.1, -0.05) is 62.5 Å². The third-order valence-corrected chi connectivity index (χ3v) is 12.1. The lowest BCUT2D eigenvalue weighted by Gasteiger charge is -2.44. The van der Waals surface area contributed by atoms with E-state index in [0.29, 0.717) is 77.0 Å². The predicted octanol–water partition coefficient (Wildman–Crippen LogP) is 5.97. The molecular weight excluding hydrogens is 775 g/mol. The van der Waals surface area contributed by atoms with Crippen molar-refractivity contribution in [3.63, 3.8) is 0 Å². The maximum absolute atomic E-state index is 13.4. The van der Waals surface area contributed by atoms with Crippen LogP contribution >= 0.6 is 0 Å². The number of cyclic esters (lactones) is 2. The molecule has 4 bridgehead atoms. The Hall–Kier alpha value is -3.02. The normalized spacial score (nSPS) is 39.4. The largest absolute Gasteiger partial charge is 0.491 e.